The van der Waals surface area contributed by atoms with Crippen LogP contribution in [0.4, 0.5) is 0 Å². The second kappa shape index (κ2) is 9.58. The molecule has 0 aliphatic carbocycles. The van der Waals surface area contributed by atoms with Crippen LogP contribution in [0.15, 0.2) is 0 Å². The van der Waals surface area contributed by atoms with Crippen molar-refractivity contribution in [2.24, 2.45) is 0 Å². The van der Waals surface area contributed by atoms with Gasteiger partial charge in [-0.05, 0) is 6.42 Å². The van der Waals surface area contributed by atoms with Gasteiger partial charge in [-0.25, -0.2) is 4.79 Å². The Balaban J connectivity index is 4.16. The van der Waals surface area contributed by atoms with Gasteiger partial charge in [0.1, 0.15) is 6.61 Å². The minimum atomic E-state index is -1.06. The molecule has 0 radical (unpaired) electrons. The number of Topliss-reactive ketones (excluding diaryl/α,β-unsaturated/α-hetero) is 1. The lowest BCUT2D eigenvalue weighted by atomic mass is 10.1. The molecule has 0 unspecified atom stereocenters. The number of carbonyl (C=O) groups excluding carboxylic acids is 2. The van der Waals surface area contributed by atoms with Gasteiger partial charge in [-0.2, -0.15) is 0 Å². The molecule has 0 saturated carbocycles. The number of hydrogen-bond acceptors (Lipinski definition) is 4. The Morgan fingerprint density at radius 3 is 2.44 bits per heavy atom. The molecule has 0 spiro atoms. The van der Waals surface area contributed by atoms with Gasteiger partial charge in [0.25, 0.3) is 5.91 Å². The van der Waals surface area contributed by atoms with Crippen molar-refractivity contribution < 1.29 is 24.2 Å². The molecule has 0 aromatic carbocycles. The summed E-state index contributed by atoms with van der Waals surface area (Å²) in [6.45, 7) is 3.33. The van der Waals surface area contributed by atoms with Crippen molar-refractivity contribution in [1.82, 2.24) is 5.32 Å². The Morgan fingerprint density at radius 2 is 1.94 bits per heavy atom. The van der Waals surface area contributed by atoms with Crippen molar-refractivity contribution in [3.63, 3.8) is 0 Å². The fourth-order valence-corrected chi connectivity index (χ4v) is 1.36. The predicted octanol–water partition coefficient (Wildman–Crippen LogP) is 0.742. The number of unbranched alkanes of at least 4 members (excludes halogenated alkanes) is 1. The number of aliphatic carboxylic acids is 1. The van der Waals surface area contributed by atoms with Gasteiger partial charge in [0.05, 0.1) is 12.6 Å². The van der Waals surface area contributed by atoms with Crippen molar-refractivity contribution in [3.05, 3.63) is 0 Å². The van der Waals surface area contributed by atoms with E-state index in [-0.39, 0.29) is 19.1 Å². The van der Waals surface area contributed by atoms with Crippen molar-refractivity contribution in [2.45, 2.75) is 45.6 Å². The number of hydrogen-bond donors (Lipinski definition) is 2. The molecular weight excluding hydrogens is 238 g/mol. The highest BCUT2D eigenvalue weighted by Crippen LogP contribution is 2.02. The molecule has 0 rings (SSSR count). The van der Waals surface area contributed by atoms with Crippen molar-refractivity contribution >= 4 is 17.7 Å². The maximum Gasteiger partial charge on any atom is 0.329 e. The average molecular weight is 259 g/mol. The van der Waals surface area contributed by atoms with Gasteiger partial charge in [0.2, 0.25) is 5.78 Å². The summed E-state index contributed by atoms with van der Waals surface area (Å²) >= 11 is 0. The van der Waals surface area contributed by atoms with Gasteiger partial charge in [-0.1, -0.05) is 26.7 Å². The van der Waals surface area contributed by atoms with E-state index in [4.69, 9.17) is 9.84 Å². The molecule has 0 aromatic heterocycles. The summed E-state index contributed by atoms with van der Waals surface area (Å²) in [5.41, 5.74) is 0. The van der Waals surface area contributed by atoms with Crippen LogP contribution in [0, 0.1) is 0 Å². The molecule has 0 aliphatic rings. The number of ether oxygens (including phenoxy) is 1. The van der Waals surface area contributed by atoms with Crippen LogP contribution < -0.4 is 5.32 Å². The standard InChI is InChI=1S/C12H21NO5/c1-3-5-6-9(7-18-8-11(15)16)13-12(17)10(14)4-2/h9H,3-8H2,1-2H3,(H,13,17)(H,15,16)/t9-/m0/s1. The Bertz CT molecular complexity index is 290. The van der Waals surface area contributed by atoms with Gasteiger partial charge >= 0.3 is 5.97 Å². The Hall–Kier alpha value is -1.43. The van der Waals surface area contributed by atoms with E-state index < -0.39 is 24.3 Å². The zero-order valence-corrected chi connectivity index (χ0v) is 10.9. The van der Waals surface area contributed by atoms with E-state index in [0.29, 0.717) is 6.42 Å². The summed E-state index contributed by atoms with van der Waals surface area (Å²) in [6.07, 6.45) is 2.65. The van der Waals surface area contributed by atoms with E-state index in [1.165, 1.54) is 0 Å². The predicted molar refractivity (Wildman–Crippen MR) is 65.2 cm³/mol. The quantitative estimate of drug-likeness (QED) is 0.564. The first-order chi connectivity index (χ1) is 8.51. The molecule has 0 heterocycles. The first-order valence-electron chi connectivity index (χ1n) is 6.14. The van der Waals surface area contributed by atoms with Crippen LogP contribution >= 0.6 is 0 Å². The zero-order valence-electron chi connectivity index (χ0n) is 10.9. The molecule has 104 valence electrons. The third-order valence-corrected chi connectivity index (χ3v) is 2.36. The number of amides is 1. The van der Waals surface area contributed by atoms with Gasteiger partial charge in [-0.15, -0.1) is 0 Å². The minimum Gasteiger partial charge on any atom is -0.480 e. The Morgan fingerprint density at radius 1 is 1.28 bits per heavy atom. The Kier molecular flexibility index (Phi) is 8.82. The summed E-state index contributed by atoms with van der Waals surface area (Å²) in [4.78, 5) is 32.9. The molecular formula is C12H21NO5. The molecule has 1 amide bonds. The minimum absolute atomic E-state index is 0.106. The lowest BCUT2D eigenvalue weighted by Gasteiger charge is -2.17. The molecule has 0 saturated heterocycles. The fraction of sp³-hybridized carbons (Fsp3) is 0.750. The highest BCUT2D eigenvalue weighted by molar-refractivity contribution is 6.36. The van der Waals surface area contributed by atoms with Crippen LogP contribution in [-0.4, -0.2) is 42.0 Å². The topological polar surface area (TPSA) is 92.7 Å². The molecule has 1 atom stereocenters. The molecule has 0 aromatic rings. The maximum absolute atomic E-state index is 11.4. The number of carbonyl (C=O) groups is 3. The second-order valence-corrected chi connectivity index (χ2v) is 4.00. The number of carboxylic acid groups (broad SMARTS) is 1. The molecule has 0 aliphatic heterocycles. The van der Waals surface area contributed by atoms with E-state index in [9.17, 15) is 14.4 Å². The number of ketones is 1. The van der Waals surface area contributed by atoms with Crippen LogP contribution in [-0.2, 0) is 19.1 Å². The smallest absolute Gasteiger partial charge is 0.329 e. The number of carboxylic acids is 1. The third-order valence-electron chi connectivity index (χ3n) is 2.36. The van der Waals surface area contributed by atoms with Gasteiger partial charge in [-0.3, -0.25) is 9.59 Å². The molecule has 0 bridgehead atoms. The van der Waals surface area contributed by atoms with E-state index in [0.717, 1.165) is 12.8 Å². The highest BCUT2D eigenvalue weighted by atomic mass is 16.5. The Labute approximate surface area is 107 Å². The van der Waals surface area contributed by atoms with Crippen LogP contribution in [0.3, 0.4) is 0 Å². The summed E-state index contributed by atoms with van der Waals surface area (Å²) in [6, 6.07) is -0.313. The SMILES string of the molecule is CCCC[C@@H](COCC(=O)O)NC(=O)C(=O)CC. The van der Waals surface area contributed by atoms with Crippen LogP contribution in [0.25, 0.3) is 0 Å². The average Bonchev–Trinajstić information content (AvgIpc) is 2.33. The van der Waals surface area contributed by atoms with Gasteiger partial charge in [0.15, 0.2) is 0 Å². The second-order valence-electron chi connectivity index (χ2n) is 4.00. The van der Waals surface area contributed by atoms with Crippen LogP contribution in [0.5, 0.6) is 0 Å². The lowest BCUT2D eigenvalue weighted by molar-refractivity contribution is -0.143. The normalized spacial score (nSPS) is 11.9. The molecule has 0 fully saturated rings. The monoisotopic (exact) mass is 259 g/mol. The van der Waals surface area contributed by atoms with E-state index in [1.807, 2.05) is 6.92 Å². The number of nitrogens with one attached hydrogen (secondary N) is 1. The third kappa shape index (κ3) is 7.78. The van der Waals surface area contributed by atoms with Crippen LogP contribution in [0.2, 0.25) is 0 Å². The molecule has 6 heteroatoms. The highest BCUT2D eigenvalue weighted by Gasteiger charge is 2.17. The van der Waals surface area contributed by atoms with Crippen LogP contribution in [0.1, 0.15) is 39.5 Å². The summed E-state index contributed by atoms with van der Waals surface area (Å²) in [5.74, 6) is -2.16. The zero-order chi connectivity index (χ0) is 14.0. The summed E-state index contributed by atoms with van der Waals surface area (Å²) in [7, 11) is 0. The van der Waals surface area contributed by atoms with E-state index in [1.54, 1.807) is 6.92 Å². The molecule has 6 nitrogen and oxygen atoms in total. The summed E-state index contributed by atoms with van der Waals surface area (Å²) in [5, 5.41) is 11.0. The van der Waals surface area contributed by atoms with E-state index >= 15 is 0 Å². The van der Waals surface area contributed by atoms with Gasteiger partial charge < -0.3 is 15.2 Å². The van der Waals surface area contributed by atoms with E-state index in [2.05, 4.69) is 5.32 Å². The first kappa shape index (κ1) is 16.6. The number of rotatable bonds is 10. The van der Waals surface area contributed by atoms with Crippen molar-refractivity contribution in [1.29, 1.82) is 0 Å². The maximum atomic E-state index is 11.4. The first-order valence-corrected chi connectivity index (χ1v) is 6.14. The fourth-order valence-electron chi connectivity index (χ4n) is 1.36. The van der Waals surface area contributed by atoms with Crippen molar-refractivity contribution in [3.8, 4) is 0 Å². The lowest BCUT2D eigenvalue weighted by Crippen LogP contribution is -2.42. The van der Waals surface area contributed by atoms with Gasteiger partial charge in [0, 0.05) is 6.42 Å². The van der Waals surface area contributed by atoms with Crippen molar-refractivity contribution in [2.75, 3.05) is 13.2 Å². The summed E-state index contributed by atoms with van der Waals surface area (Å²) < 4.78 is 4.94. The largest absolute Gasteiger partial charge is 0.480 e. The molecule has 2 N–H and O–H groups in total. The molecule has 18 heavy (non-hydrogen) atoms.